The number of ketones is 3. The maximum Gasteiger partial charge on any atom is 0.305 e. The number of fused-ring (bicyclic) bond motifs is 5. The van der Waals surface area contributed by atoms with E-state index in [2.05, 4.69) is 46.9 Å². The standard InChI is InChI=1S/C83H103F2N11O18S2/c1-83-23-7-25-96(83)81(109)71(36-51-12-16-62(98)17-13-51)94-77(105)55(35-52-20-24-87-44-52)40-73(100)69(43-75(102)103)92-80(108)70(39-58-46-89-67-19-15-60(85)42-65(58)67)93-78(106)56(37-57-45-88-66-18-14-59(84)41-64(57)66)38-63(99)47-90-79(107)68(11-5-3-4-10-61(97)21-26-112-29-30-114-32-31-113-28-27-111-2)91-74(101)22-33-115-48-53-8-6-9-54(34-53)49-116-50-72(76(86)104)95-82(83)110/h6,8-9,12-19,24,34,41-42,44-46,55-56,68-72,88-89,98H,3-5,7,10-11,20-23,25-33,35-40,43,47-50H2,1-2H3,(H2,86,104)(H,90,107)(H,91,101)(H,92,108)(H,93,106)(H,94,105)(H,95,110)(H,102,103)/p+1/t55-,56-,68+,69+,70+,71+,72+,83+/m1/s1. The van der Waals surface area contributed by atoms with Crippen molar-refractivity contribution in [1.82, 2.24) is 46.8 Å². The van der Waals surface area contributed by atoms with Crippen molar-refractivity contribution < 1.29 is 100 Å². The number of allylic oxidation sites excluding steroid dienone is 1. The molecule has 624 valence electrons. The first-order valence-electron chi connectivity index (χ1n) is 39.0. The summed E-state index contributed by atoms with van der Waals surface area (Å²) in [6, 6.07) is 13.8. The predicted molar refractivity (Wildman–Crippen MR) is 430 cm³/mol. The highest BCUT2D eigenvalue weighted by molar-refractivity contribution is 7.98. The van der Waals surface area contributed by atoms with Gasteiger partial charge in [-0.3, -0.25) is 57.5 Å². The van der Waals surface area contributed by atoms with Crippen LogP contribution in [0.25, 0.3) is 21.8 Å². The minimum absolute atomic E-state index is 0.0193. The number of aromatic nitrogens is 2. The number of carbonyl (C=O) groups excluding carboxylic acids is 11. The van der Waals surface area contributed by atoms with Crippen LogP contribution >= 0.6 is 23.5 Å². The number of amides is 8. The van der Waals surface area contributed by atoms with Gasteiger partial charge in [-0.25, -0.2) is 13.8 Å². The molecule has 5 heterocycles. The highest BCUT2D eigenvalue weighted by atomic mass is 32.2. The molecule has 33 heteroatoms. The lowest BCUT2D eigenvalue weighted by atomic mass is 9.89. The van der Waals surface area contributed by atoms with Gasteiger partial charge in [0.05, 0.1) is 71.7 Å². The number of Topliss-reactive ketones (excluding diaryl/α,β-unsaturated/α-hetero) is 3. The van der Waals surface area contributed by atoms with Crippen molar-refractivity contribution in [3.8, 4) is 5.75 Å². The van der Waals surface area contributed by atoms with E-state index in [0.717, 1.165) is 11.1 Å². The molecule has 2 aromatic heterocycles. The van der Waals surface area contributed by atoms with E-state index in [1.807, 2.05) is 24.3 Å². The average Bonchev–Trinajstić information content (AvgIpc) is 1.59. The molecular formula is C83H104F2N11O18S2+. The van der Waals surface area contributed by atoms with Crippen LogP contribution < -0.4 is 42.6 Å². The van der Waals surface area contributed by atoms with Crippen LogP contribution in [0.1, 0.15) is 125 Å². The van der Waals surface area contributed by atoms with Crippen LogP contribution in [-0.2, 0) is 107 Å². The molecule has 9 rings (SSSR count). The van der Waals surface area contributed by atoms with Gasteiger partial charge >= 0.3 is 5.97 Å². The summed E-state index contributed by atoms with van der Waals surface area (Å²) in [5.41, 5.74) is 8.76. The number of H-pyrrole nitrogens is 2. The van der Waals surface area contributed by atoms with Gasteiger partial charge in [-0.15, -0.1) is 0 Å². The normalized spacial score (nSPS) is 21.9. The summed E-state index contributed by atoms with van der Waals surface area (Å²) in [6.45, 7) is 3.46. The van der Waals surface area contributed by atoms with Crippen molar-refractivity contribution >= 4 is 122 Å². The number of phenols is 1. The first-order valence-corrected chi connectivity index (χ1v) is 41.3. The third-order valence-corrected chi connectivity index (χ3v) is 22.7. The number of phenolic OH excluding ortho intramolecular Hbond substituents is 1. The average molecular weight is 1650 g/mol. The van der Waals surface area contributed by atoms with Crippen LogP contribution in [0.5, 0.6) is 5.75 Å². The van der Waals surface area contributed by atoms with E-state index in [4.69, 9.17) is 24.7 Å². The van der Waals surface area contributed by atoms with Crippen molar-refractivity contribution in [2.45, 2.75) is 163 Å². The Balaban J connectivity index is 0.999. The van der Waals surface area contributed by atoms with Gasteiger partial charge in [-0.05, 0) is 122 Å². The molecule has 8 amide bonds. The lowest BCUT2D eigenvalue weighted by molar-refractivity contribution is -0.363. The third-order valence-electron chi connectivity index (χ3n) is 20.6. The molecule has 0 spiro atoms. The number of aliphatic carboxylic acids is 1. The Hall–Kier alpha value is -10.2. The molecule has 6 aromatic rings. The summed E-state index contributed by atoms with van der Waals surface area (Å²) in [5, 5.41) is 37.7. The zero-order chi connectivity index (χ0) is 83.1. The first-order chi connectivity index (χ1) is 55.8. The molecule has 0 aliphatic carbocycles. The Kier molecular flexibility index (Phi) is 35.1. The van der Waals surface area contributed by atoms with Crippen molar-refractivity contribution in [1.29, 1.82) is 0 Å². The Bertz CT molecular complexity index is 4500. The molecule has 4 aromatic carbocycles. The highest BCUT2D eigenvalue weighted by Crippen LogP contribution is 2.33. The molecule has 3 aliphatic rings. The maximum atomic E-state index is 15.3. The van der Waals surface area contributed by atoms with Crippen molar-refractivity contribution in [2.24, 2.45) is 17.6 Å². The number of rotatable bonds is 29. The topological polar surface area (TPSA) is 429 Å². The minimum Gasteiger partial charge on any atom is -0.508 e. The quantitative estimate of drug-likeness (QED) is 0.0283. The molecular weight excluding hydrogens is 1540 g/mol. The monoisotopic (exact) mass is 1640 g/mol. The highest BCUT2D eigenvalue weighted by Gasteiger charge is 2.49. The number of methoxy groups -OCH3 is 1. The van der Waals surface area contributed by atoms with Crippen molar-refractivity contribution in [3.05, 3.63) is 149 Å². The van der Waals surface area contributed by atoms with E-state index in [1.165, 1.54) is 101 Å². The van der Waals surface area contributed by atoms with Gasteiger partial charge in [0.1, 0.15) is 59.1 Å². The maximum absolute atomic E-state index is 15.3. The summed E-state index contributed by atoms with van der Waals surface area (Å²) >= 11 is 2.79. The number of hydrogen-bond donors (Lipinski definition) is 12. The summed E-state index contributed by atoms with van der Waals surface area (Å²) in [5.74, 6) is -12.5. The lowest BCUT2D eigenvalue weighted by Crippen LogP contribution is -2.62. The second-order valence-corrected chi connectivity index (χ2v) is 31.6. The second-order valence-electron chi connectivity index (χ2n) is 29.4. The number of ether oxygens (including phenoxy) is 4. The molecule has 8 atom stereocenters. The van der Waals surface area contributed by atoms with Gasteiger partial charge in [-0.2, -0.15) is 23.5 Å². The number of primary amides is 1. The lowest BCUT2D eigenvalue weighted by Gasteiger charge is -2.37. The van der Waals surface area contributed by atoms with E-state index in [9.17, 15) is 43.8 Å². The number of aromatic amines is 2. The molecule has 29 nitrogen and oxygen atoms in total. The third kappa shape index (κ3) is 27.8. The SMILES string of the molecule is COCCOCCOCCOCCC(=O)CCCCC[C@@H]1NC(=O)CCSCc2cccc(c2)CSC[C@@H](C(N)=O)NC(=O)[C@]2(C)CCCN2C(=O)[C@H](Cc2ccc(O)cc2)NC(=O)[C@H](CC2=C[NH+]=CC2)CC(=O)[C@H](CC(=O)O)NC(=O)[C@H](Cc2c[nH]c3ccc(F)cc23)NC(=O)[C@H](Cc2c[nH]c3ccc(F)cc23)CC(=O)CNC1=O. The summed E-state index contributed by atoms with van der Waals surface area (Å²) in [4.78, 5) is 183. The number of halogens is 2. The number of nitrogens with zero attached hydrogens (tertiary/aromatic N) is 1. The molecule has 3 aliphatic heterocycles. The van der Waals surface area contributed by atoms with Crippen LogP contribution in [0, 0.1) is 23.5 Å². The predicted octanol–water partition coefficient (Wildman–Crippen LogP) is 4.70. The van der Waals surface area contributed by atoms with Crippen LogP contribution in [0.2, 0.25) is 0 Å². The van der Waals surface area contributed by atoms with Crippen molar-refractivity contribution in [2.75, 3.05) is 78.0 Å². The number of carboxylic acid groups (broad SMARTS) is 1. The molecule has 1 fully saturated rings. The molecule has 1 saturated heterocycles. The van der Waals surface area contributed by atoms with Gasteiger partial charge in [0.25, 0.3) is 0 Å². The Labute approximate surface area is 679 Å². The van der Waals surface area contributed by atoms with Gasteiger partial charge in [-0.1, -0.05) is 49.2 Å². The van der Waals surface area contributed by atoms with E-state index < -0.39 is 156 Å². The van der Waals surface area contributed by atoms with Gasteiger partial charge in [0.2, 0.25) is 47.3 Å². The van der Waals surface area contributed by atoms with Crippen LogP contribution in [0.3, 0.4) is 0 Å². The van der Waals surface area contributed by atoms with Crippen LogP contribution in [-0.4, -0.2) is 216 Å². The Morgan fingerprint density at radius 3 is 1.93 bits per heavy atom. The van der Waals surface area contributed by atoms with Gasteiger partial charge in [0, 0.05) is 133 Å². The molecule has 0 unspecified atom stereocenters. The summed E-state index contributed by atoms with van der Waals surface area (Å²) in [7, 11) is 1.59. The van der Waals surface area contributed by atoms with E-state index in [1.54, 1.807) is 26.4 Å². The van der Waals surface area contributed by atoms with Crippen LogP contribution in [0.4, 0.5) is 8.78 Å². The number of carboxylic acids is 1. The van der Waals surface area contributed by atoms with Gasteiger partial charge in [0.15, 0.2) is 17.8 Å². The molecule has 0 radical (unpaired) electrons. The fourth-order valence-corrected chi connectivity index (χ4v) is 16.1. The molecule has 0 saturated carbocycles. The Morgan fingerprint density at radius 1 is 0.655 bits per heavy atom. The number of carbonyl (C=O) groups is 12. The number of nitrogens with one attached hydrogen (secondary N) is 9. The fraction of sp³-hybridized carbons (Fsp3) is 0.482. The van der Waals surface area contributed by atoms with Crippen molar-refractivity contribution in [3.63, 3.8) is 0 Å². The zero-order valence-corrected chi connectivity index (χ0v) is 66.8. The summed E-state index contributed by atoms with van der Waals surface area (Å²) < 4.78 is 51.5. The zero-order valence-electron chi connectivity index (χ0n) is 65.2. The van der Waals surface area contributed by atoms with E-state index in [-0.39, 0.29) is 92.8 Å². The van der Waals surface area contributed by atoms with Crippen LogP contribution in [0.15, 0.2) is 109 Å². The number of aromatic hydroxyl groups is 1. The smallest absolute Gasteiger partial charge is 0.305 e. The molecule has 2 bridgehead atoms. The first kappa shape index (κ1) is 89.7. The number of nitrogens with two attached hydrogens (primary N) is 1. The molecule has 13 N–H and O–H groups in total. The minimum atomic E-state index is -1.92. The van der Waals surface area contributed by atoms with E-state index >= 15 is 32.8 Å². The summed E-state index contributed by atoms with van der Waals surface area (Å²) in [6.07, 6.45) is 5.41. The van der Waals surface area contributed by atoms with Gasteiger partial charge < -0.3 is 81.7 Å². The number of hydrogen-bond acceptors (Lipinski definition) is 19. The largest absolute Gasteiger partial charge is 0.508 e. The van der Waals surface area contributed by atoms with E-state index in [0.29, 0.717) is 122 Å². The number of unbranched alkanes of at least 4 members (excludes halogenated alkanes) is 2. The molecule has 116 heavy (non-hydrogen) atoms. The fourth-order valence-electron chi connectivity index (χ4n) is 14.2. The Morgan fingerprint density at radius 2 is 1.28 bits per heavy atom. The second kappa shape index (κ2) is 45.4. The number of benzene rings is 4. The number of thioether (sulfide) groups is 2.